The molecule has 4 aliphatic heterocycles. The molecule has 2 aromatic heterocycles. The monoisotopic (exact) mass is 594 g/mol. The maximum Gasteiger partial charge on any atom is 0.418 e. The van der Waals surface area contributed by atoms with Crippen LogP contribution in [0.2, 0.25) is 5.02 Å². The van der Waals surface area contributed by atoms with Gasteiger partial charge in [-0.2, -0.15) is 23.1 Å². The number of hydrogen-bond acceptors (Lipinski definition) is 9. The van der Waals surface area contributed by atoms with E-state index in [1.165, 1.54) is 6.92 Å². The molecule has 2 bridgehead atoms. The molecule has 6 heterocycles. The second kappa shape index (κ2) is 9.17. The van der Waals surface area contributed by atoms with Gasteiger partial charge in [-0.1, -0.05) is 18.5 Å². The number of nitrogens with two attached hydrogens (primary N) is 1. The van der Waals surface area contributed by atoms with Crippen molar-refractivity contribution in [3.05, 3.63) is 28.0 Å². The third-order valence-corrected chi connectivity index (χ3v) is 8.74. The van der Waals surface area contributed by atoms with Crippen LogP contribution in [0.15, 0.2) is 6.07 Å². The van der Waals surface area contributed by atoms with E-state index in [4.69, 9.17) is 36.5 Å². The SMILES string of the molecule is Cc1cc(N)nc(-c2c(Cl)c3c4c(nc(OCC5(C)COC5)nc4c2F)N2C[C@H]4CC[C@H](N4)[C@H]2CO3)c1C(F)(F)F. The van der Waals surface area contributed by atoms with E-state index < -0.39 is 28.8 Å². The predicted octanol–water partition coefficient (Wildman–Crippen LogP) is 4.51. The Bertz CT molecular complexity index is 1580. The summed E-state index contributed by atoms with van der Waals surface area (Å²) >= 11 is 6.75. The van der Waals surface area contributed by atoms with Crippen LogP contribution < -0.4 is 25.4 Å². The Labute approximate surface area is 237 Å². The molecular formula is C27H27ClF4N6O3. The molecule has 0 amide bonds. The van der Waals surface area contributed by atoms with Crippen molar-refractivity contribution >= 4 is 34.1 Å². The van der Waals surface area contributed by atoms with Gasteiger partial charge in [-0.3, -0.25) is 0 Å². The van der Waals surface area contributed by atoms with E-state index in [0.29, 0.717) is 25.6 Å². The number of nitrogens with zero attached hydrogens (tertiary/aromatic N) is 4. The quantitative estimate of drug-likeness (QED) is 0.422. The Morgan fingerprint density at radius 3 is 2.73 bits per heavy atom. The van der Waals surface area contributed by atoms with Crippen molar-refractivity contribution in [2.24, 2.45) is 5.41 Å². The van der Waals surface area contributed by atoms with Crippen molar-refractivity contribution in [2.45, 2.75) is 51.0 Å². The van der Waals surface area contributed by atoms with Crippen molar-refractivity contribution < 1.29 is 31.8 Å². The molecule has 4 aliphatic rings. The number of aromatic nitrogens is 3. The summed E-state index contributed by atoms with van der Waals surface area (Å²) in [5.41, 5.74) is 2.63. The van der Waals surface area contributed by atoms with Crippen LogP contribution in [0.1, 0.15) is 30.9 Å². The number of rotatable bonds is 4. The van der Waals surface area contributed by atoms with Gasteiger partial charge in [-0.15, -0.1) is 0 Å². The highest BCUT2D eigenvalue weighted by Gasteiger charge is 2.45. The fraction of sp³-hybridized carbons (Fsp3) is 0.519. The van der Waals surface area contributed by atoms with E-state index in [1.54, 1.807) is 0 Å². The lowest BCUT2D eigenvalue weighted by atomic mass is 9.90. The highest BCUT2D eigenvalue weighted by atomic mass is 35.5. The summed E-state index contributed by atoms with van der Waals surface area (Å²) in [4.78, 5) is 15.0. The van der Waals surface area contributed by atoms with Crippen molar-refractivity contribution in [3.63, 3.8) is 0 Å². The molecule has 7 rings (SSSR count). The van der Waals surface area contributed by atoms with Gasteiger partial charge < -0.3 is 30.2 Å². The highest BCUT2D eigenvalue weighted by molar-refractivity contribution is 6.36. The first-order chi connectivity index (χ1) is 19.4. The summed E-state index contributed by atoms with van der Waals surface area (Å²) in [6.07, 6.45) is -2.98. The standard InChI is InChI=1S/C27H27ClF4N6O3/c1-11-5-15(33)35-21(18(11)27(30,31)32)16-19(28)23-17-22(20(16)29)36-25(41-10-26(2)8-39-9-26)37-24(17)38-6-12-3-4-13(34-12)14(38)7-40-23/h5,12-14,34H,3-4,6-10H2,1-2H3,(H2,33,35)/t12-,13+,14-/m1/s1. The van der Waals surface area contributed by atoms with E-state index in [9.17, 15) is 13.2 Å². The summed E-state index contributed by atoms with van der Waals surface area (Å²) in [5.74, 6) is -0.936. The maximum atomic E-state index is 16.6. The topological polar surface area (TPSA) is 108 Å². The third-order valence-electron chi connectivity index (χ3n) is 8.38. The molecule has 0 spiro atoms. The average molecular weight is 595 g/mol. The molecule has 14 heteroatoms. The molecule has 9 nitrogen and oxygen atoms in total. The Balaban J connectivity index is 1.49. The molecule has 3 aromatic rings. The number of benzene rings is 1. The largest absolute Gasteiger partial charge is 0.489 e. The summed E-state index contributed by atoms with van der Waals surface area (Å²) < 4.78 is 76.9. The van der Waals surface area contributed by atoms with E-state index in [0.717, 1.165) is 18.9 Å². The molecular weight excluding hydrogens is 568 g/mol. The number of hydrogen-bond donors (Lipinski definition) is 2. The Morgan fingerprint density at radius 2 is 2.02 bits per heavy atom. The molecule has 1 aromatic carbocycles. The van der Waals surface area contributed by atoms with Gasteiger partial charge in [0, 0.05) is 24.0 Å². The summed E-state index contributed by atoms with van der Waals surface area (Å²) in [6.45, 7) is 5.14. The van der Waals surface area contributed by atoms with Gasteiger partial charge in [0.05, 0.1) is 46.5 Å². The van der Waals surface area contributed by atoms with Gasteiger partial charge in [0.15, 0.2) is 11.6 Å². The van der Waals surface area contributed by atoms with Gasteiger partial charge in [0.25, 0.3) is 0 Å². The van der Waals surface area contributed by atoms with Gasteiger partial charge in [0.1, 0.15) is 30.4 Å². The van der Waals surface area contributed by atoms with Gasteiger partial charge in [-0.05, 0) is 31.4 Å². The van der Waals surface area contributed by atoms with Crippen molar-refractivity contribution in [2.75, 3.05) is 43.6 Å². The Morgan fingerprint density at radius 1 is 1.24 bits per heavy atom. The zero-order valence-corrected chi connectivity index (χ0v) is 23.0. The third kappa shape index (κ3) is 4.23. The molecule has 41 heavy (non-hydrogen) atoms. The lowest BCUT2D eigenvalue weighted by molar-refractivity contribution is -0.137. The highest BCUT2D eigenvalue weighted by Crippen LogP contribution is 2.51. The average Bonchev–Trinajstić information content (AvgIpc) is 3.18. The van der Waals surface area contributed by atoms with Crippen molar-refractivity contribution in [1.82, 2.24) is 20.3 Å². The maximum absolute atomic E-state index is 16.6. The Hall–Kier alpha value is -3.16. The number of alkyl halides is 3. The predicted molar refractivity (Wildman–Crippen MR) is 143 cm³/mol. The van der Waals surface area contributed by atoms with E-state index >= 15 is 4.39 Å². The summed E-state index contributed by atoms with van der Waals surface area (Å²) in [5, 5.41) is 3.41. The van der Waals surface area contributed by atoms with Crippen molar-refractivity contribution in [1.29, 1.82) is 0 Å². The number of pyridine rings is 1. The zero-order chi connectivity index (χ0) is 28.8. The van der Waals surface area contributed by atoms with Gasteiger partial charge in [0.2, 0.25) is 0 Å². The van der Waals surface area contributed by atoms with Crippen LogP contribution in [-0.2, 0) is 10.9 Å². The normalized spacial score (nSPS) is 24.5. The molecule has 0 unspecified atom stereocenters. The lowest BCUT2D eigenvalue weighted by Gasteiger charge is -2.40. The minimum Gasteiger partial charge on any atom is -0.489 e. The Kier molecular flexibility index (Phi) is 5.98. The molecule has 0 saturated carbocycles. The number of nitrogen functional groups attached to an aromatic ring is 1. The van der Waals surface area contributed by atoms with E-state index in [-0.39, 0.29) is 75.8 Å². The fourth-order valence-electron chi connectivity index (χ4n) is 6.37. The van der Waals surface area contributed by atoms with Crippen LogP contribution in [0, 0.1) is 18.2 Å². The number of nitrogens with one attached hydrogen (secondary N) is 1. The van der Waals surface area contributed by atoms with E-state index in [1.807, 2.05) is 6.92 Å². The molecule has 3 N–H and O–H groups in total. The summed E-state index contributed by atoms with van der Waals surface area (Å²) in [6, 6.07) is 1.10. The van der Waals surface area contributed by atoms with Crippen LogP contribution >= 0.6 is 11.6 Å². The zero-order valence-electron chi connectivity index (χ0n) is 22.2. The molecule has 3 saturated heterocycles. The lowest BCUT2D eigenvalue weighted by Crippen LogP contribution is -2.60. The second-order valence-corrected chi connectivity index (χ2v) is 12.0. The number of anilines is 2. The van der Waals surface area contributed by atoms with Crippen LogP contribution in [0.3, 0.4) is 0 Å². The van der Waals surface area contributed by atoms with Crippen LogP contribution in [-0.4, -0.2) is 66.0 Å². The minimum atomic E-state index is -4.86. The van der Waals surface area contributed by atoms with Crippen LogP contribution in [0.25, 0.3) is 22.2 Å². The van der Waals surface area contributed by atoms with Gasteiger partial charge in [-0.25, -0.2) is 9.37 Å². The van der Waals surface area contributed by atoms with Crippen molar-refractivity contribution in [3.8, 4) is 23.0 Å². The second-order valence-electron chi connectivity index (χ2n) is 11.6. The number of piperazine rings is 1. The molecule has 0 aliphatic carbocycles. The number of ether oxygens (including phenoxy) is 3. The molecule has 3 fully saturated rings. The minimum absolute atomic E-state index is 0.000697. The molecule has 218 valence electrons. The smallest absolute Gasteiger partial charge is 0.418 e. The van der Waals surface area contributed by atoms with Gasteiger partial charge >= 0.3 is 12.2 Å². The number of fused-ring (bicyclic) bond motifs is 5. The first-order valence-corrected chi connectivity index (χ1v) is 13.7. The fourth-order valence-corrected chi connectivity index (χ4v) is 6.69. The van der Waals surface area contributed by atoms with Crippen LogP contribution in [0.5, 0.6) is 11.8 Å². The summed E-state index contributed by atoms with van der Waals surface area (Å²) in [7, 11) is 0. The van der Waals surface area contributed by atoms with Crippen LogP contribution in [0.4, 0.5) is 29.2 Å². The number of halogens is 5. The molecule has 3 atom stereocenters. The number of aryl methyl sites for hydroxylation is 1. The van der Waals surface area contributed by atoms with E-state index in [2.05, 4.69) is 20.2 Å². The molecule has 0 radical (unpaired) electrons. The first-order valence-electron chi connectivity index (χ1n) is 13.4. The first kappa shape index (κ1) is 26.7.